The fourth-order valence-electron chi connectivity index (χ4n) is 4.49. The first-order valence-corrected chi connectivity index (χ1v) is 11.2. The molecular weight excluding hydrogens is 376 g/mol. The van der Waals surface area contributed by atoms with Gasteiger partial charge in [0.05, 0.1) is 13.2 Å². The number of rotatable bonds is 8. The summed E-state index contributed by atoms with van der Waals surface area (Å²) in [5.41, 5.74) is 3.45. The van der Waals surface area contributed by atoms with E-state index in [0.29, 0.717) is 25.6 Å². The predicted molar refractivity (Wildman–Crippen MR) is 120 cm³/mol. The Bertz CT molecular complexity index is 859. The van der Waals surface area contributed by atoms with Crippen molar-refractivity contribution in [2.75, 3.05) is 38.2 Å². The lowest BCUT2D eigenvalue weighted by Crippen LogP contribution is -2.34. The number of nitrogens with one attached hydrogen (secondary N) is 1. The molecule has 0 radical (unpaired) electrons. The number of anilines is 1. The van der Waals surface area contributed by atoms with E-state index in [0.717, 1.165) is 49.7 Å². The van der Waals surface area contributed by atoms with Gasteiger partial charge in [-0.15, -0.1) is 0 Å². The number of carbonyl (C=O) groups is 1. The number of likely N-dealkylation sites (tertiary alicyclic amines) is 1. The topological polar surface area (TPSA) is 50.8 Å². The molecule has 0 saturated carbocycles. The average Bonchev–Trinajstić information content (AvgIpc) is 2.77. The van der Waals surface area contributed by atoms with E-state index >= 15 is 0 Å². The highest BCUT2D eigenvalue weighted by Crippen LogP contribution is 2.34. The van der Waals surface area contributed by atoms with Gasteiger partial charge in [-0.1, -0.05) is 24.3 Å². The third kappa shape index (κ3) is 5.14. The average molecular weight is 409 g/mol. The quantitative estimate of drug-likeness (QED) is 0.648. The zero-order chi connectivity index (χ0) is 20.8. The van der Waals surface area contributed by atoms with E-state index in [2.05, 4.69) is 40.5 Å². The smallest absolute Gasteiger partial charge is 0.224 e. The minimum atomic E-state index is 0.0898. The molecule has 0 bridgehead atoms. The van der Waals surface area contributed by atoms with Crippen molar-refractivity contribution in [3.8, 4) is 11.5 Å². The fraction of sp³-hybridized carbons (Fsp3) is 0.480. The van der Waals surface area contributed by atoms with Gasteiger partial charge in [-0.25, -0.2) is 0 Å². The summed E-state index contributed by atoms with van der Waals surface area (Å²) in [6.45, 7) is 6.75. The molecular formula is C25H32N2O3. The molecule has 2 aromatic carbocycles. The Labute approximate surface area is 179 Å². The van der Waals surface area contributed by atoms with Gasteiger partial charge in [0, 0.05) is 24.7 Å². The van der Waals surface area contributed by atoms with Crippen LogP contribution in [0.25, 0.3) is 0 Å². The summed E-state index contributed by atoms with van der Waals surface area (Å²) in [5, 5.41) is 2.94. The van der Waals surface area contributed by atoms with Gasteiger partial charge in [0.15, 0.2) is 0 Å². The molecule has 5 heteroatoms. The normalized spacial score (nSPS) is 17.3. The van der Waals surface area contributed by atoms with Crippen molar-refractivity contribution >= 4 is 11.6 Å². The molecule has 30 heavy (non-hydrogen) atoms. The number of amides is 1. The number of nitrogens with zero attached hydrogens (tertiary/aromatic N) is 1. The second kappa shape index (κ2) is 9.98. The molecule has 1 amide bonds. The lowest BCUT2D eigenvalue weighted by molar-refractivity contribution is -0.116. The first-order chi connectivity index (χ1) is 14.7. The largest absolute Gasteiger partial charge is 0.494 e. The molecule has 2 heterocycles. The lowest BCUT2D eigenvalue weighted by atomic mass is 9.89. The van der Waals surface area contributed by atoms with Crippen molar-refractivity contribution in [1.29, 1.82) is 0 Å². The van der Waals surface area contributed by atoms with Crippen LogP contribution >= 0.6 is 0 Å². The van der Waals surface area contributed by atoms with Gasteiger partial charge in [0.25, 0.3) is 0 Å². The van der Waals surface area contributed by atoms with Crippen LogP contribution in [0, 0.1) is 0 Å². The Hall–Kier alpha value is -2.53. The Balaban J connectivity index is 1.20. The van der Waals surface area contributed by atoms with Crippen LogP contribution in [-0.4, -0.2) is 43.7 Å². The van der Waals surface area contributed by atoms with Gasteiger partial charge in [-0.3, -0.25) is 4.79 Å². The summed E-state index contributed by atoms with van der Waals surface area (Å²) in [6.07, 6.45) is 4.74. The molecule has 2 aliphatic rings. The maximum absolute atomic E-state index is 11.6. The van der Waals surface area contributed by atoms with Crippen molar-refractivity contribution < 1.29 is 14.3 Å². The minimum absolute atomic E-state index is 0.0898. The number of fused-ring (bicyclic) bond motifs is 1. The molecule has 0 unspecified atom stereocenters. The van der Waals surface area contributed by atoms with E-state index in [4.69, 9.17) is 9.47 Å². The monoisotopic (exact) mass is 408 g/mol. The first-order valence-electron chi connectivity index (χ1n) is 11.2. The van der Waals surface area contributed by atoms with Crippen molar-refractivity contribution in [3.05, 3.63) is 53.6 Å². The third-order valence-electron chi connectivity index (χ3n) is 6.11. The second-order valence-corrected chi connectivity index (χ2v) is 8.16. The van der Waals surface area contributed by atoms with E-state index in [1.807, 2.05) is 19.1 Å². The summed E-state index contributed by atoms with van der Waals surface area (Å²) in [6, 6.07) is 14.5. The summed E-state index contributed by atoms with van der Waals surface area (Å²) < 4.78 is 11.8. The van der Waals surface area contributed by atoms with E-state index in [1.165, 1.54) is 24.0 Å². The molecule has 1 N–H and O–H groups in total. The van der Waals surface area contributed by atoms with Gasteiger partial charge < -0.3 is 19.7 Å². The summed E-state index contributed by atoms with van der Waals surface area (Å²) in [4.78, 5) is 14.1. The van der Waals surface area contributed by atoms with Crippen LogP contribution in [0.15, 0.2) is 42.5 Å². The Morgan fingerprint density at radius 3 is 2.73 bits per heavy atom. The fourth-order valence-corrected chi connectivity index (χ4v) is 4.49. The van der Waals surface area contributed by atoms with Crippen LogP contribution in [0.2, 0.25) is 0 Å². The second-order valence-electron chi connectivity index (χ2n) is 8.16. The lowest BCUT2D eigenvalue weighted by Gasteiger charge is -2.32. The molecule has 1 fully saturated rings. The molecule has 5 nitrogen and oxygen atoms in total. The highest BCUT2D eigenvalue weighted by Gasteiger charge is 2.22. The van der Waals surface area contributed by atoms with Crippen LogP contribution < -0.4 is 14.8 Å². The highest BCUT2D eigenvalue weighted by atomic mass is 16.5. The number of hydrogen-bond acceptors (Lipinski definition) is 4. The summed E-state index contributed by atoms with van der Waals surface area (Å²) in [7, 11) is 0. The van der Waals surface area contributed by atoms with Gasteiger partial charge >= 0.3 is 0 Å². The zero-order valence-corrected chi connectivity index (χ0v) is 17.9. The standard InChI is InChI=1S/C25H32N2O3/c1-2-29-24-7-4-3-6-22(24)19-12-15-27(16-13-19)14-5-17-30-21-10-8-20-9-11-25(28)26-23(20)18-21/h3-4,6-8,10,18-19H,2,5,9,11-17H2,1H3,(H,26,28). The molecule has 0 aromatic heterocycles. The SMILES string of the molecule is CCOc1ccccc1C1CCN(CCCOc2ccc3c(c2)NC(=O)CC3)CC1. The number of aryl methyl sites for hydroxylation is 1. The van der Waals surface area contributed by atoms with Crippen LogP contribution in [0.5, 0.6) is 11.5 Å². The van der Waals surface area contributed by atoms with Gasteiger partial charge in [-0.2, -0.15) is 0 Å². The van der Waals surface area contributed by atoms with Crippen LogP contribution in [0.4, 0.5) is 5.69 Å². The van der Waals surface area contributed by atoms with Gasteiger partial charge in [-0.05, 0) is 74.9 Å². The highest BCUT2D eigenvalue weighted by molar-refractivity contribution is 5.94. The molecule has 4 rings (SSSR count). The number of ether oxygens (including phenoxy) is 2. The van der Waals surface area contributed by atoms with Crippen LogP contribution in [0.3, 0.4) is 0 Å². The van der Waals surface area contributed by atoms with Crippen LogP contribution in [-0.2, 0) is 11.2 Å². The molecule has 2 aliphatic heterocycles. The Kier molecular flexibility index (Phi) is 6.90. The molecule has 160 valence electrons. The van der Waals surface area contributed by atoms with Crippen molar-refractivity contribution in [2.45, 2.75) is 44.9 Å². The van der Waals surface area contributed by atoms with Gasteiger partial charge in [0.1, 0.15) is 11.5 Å². The van der Waals surface area contributed by atoms with E-state index in [1.54, 1.807) is 0 Å². The number of carbonyl (C=O) groups excluding carboxylic acids is 1. The van der Waals surface area contributed by atoms with Crippen molar-refractivity contribution in [3.63, 3.8) is 0 Å². The Morgan fingerprint density at radius 2 is 1.90 bits per heavy atom. The maximum Gasteiger partial charge on any atom is 0.224 e. The maximum atomic E-state index is 11.6. The number of para-hydroxylation sites is 1. The number of piperidine rings is 1. The first kappa shape index (κ1) is 20.7. The zero-order valence-electron chi connectivity index (χ0n) is 17.9. The molecule has 0 spiro atoms. The summed E-state index contributed by atoms with van der Waals surface area (Å²) in [5.74, 6) is 2.56. The molecule has 0 aliphatic carbocycles. The number of hydrogen-bond donors (Lipinski definition) is 1. The van der Waals surface area contributed by atoms with E-state index in [-0.39, 0.29) is 5.91 Å². The summed E-state index contributed by atoms with van der Waals surface area (Å²) >= 11 is 0. The Morgan fingerprint density at radius 1 is 1.07 bits per heavy atom. The van der Waals surface area contributed by atoms with Crippen molar-refractivity contribution in [1.82, 2.24) is 4.90 Å². The molecule has 0 atom stereocenters. The molecule has 1 saturated heterocycles. The third-order valence-corrected chi connectivity index (χ3v) is 6.11. The predicted octanol–water partition coefficient (Wildman–Crippen LogP) is 4.62. The van der Waals surface area contributed by atoms with Gasteiger partial charge in [0.2, 0.25) is 5.91 Å². The molecule has 2 aromatic rings. The number of benzene rings is 2. The van der Waals surface area contributed by atoms with Crippen molar-refractivity contribution in [2.24, 2.45) is 0 Å². The minimum Gasteiger partial charge on any atom is -0.494 e. The van der Waals surface area contributed by atoms with E-state index < -0.39 is 0 Å². The van der Waals surface area contributed by atoms with E-state index in [9.17, 15) is 4.79 Å². The van der Waals surface area contributed by atoms with Crippen LogP contribution in [0.1, 0.15) is 49.7 Å².